The van der Waals surface area contributed by atoms with Gasteiger partial charge in [-0.05, 0) is 19.8 Å². The maximum Gasteiger partial charge on any atom is 0.233 e. The summed E-state index contributed by atoms with van der Waals surface area (Å²) in [5, 5.41) is 4.05. The first-order valence-electron chi connectivity index (χ1n) is 8.04. The summed E-state index contributed by atoms with van der Waals surface area (Å²) in [6, 6.07) is 11.1. The number of thioether (sulfide) groups is 1. The summed E-state index contributed by atoms with van der Waals surface area (Å²) >= 11 is 1.37. The summed E-state index contributed by atoms with van der Waals surface area (Å²) < 4.78 is 5.13. The van der Waals surface area contributed by atoms with Gasteiger partial charge < -0.3 is 9.42 Å². The van der Waals surface area contributed by atoms with Crippen molar-refractivity contribution in [2.75, 3.05) is 18.1 Å². The number of hydrogen-bond donors (Lipinski definition) is 0. The van der Waals surface area contributed by atoms with Gasteiger partial charge in [0.25, 0.3) is 0 Å². The lowest BCUT2D eigenvalue weighted by Gasteiger charge is -2.22. The largest absolute Gasteiger partial charge is 0.361 e. The maximum absolute atomic E-state index is 12.5. The number of ketones is 1. The smallest absolute Gasteiger partial charge is 0.233 e. The van der Waals surface area contributed by atoms with E-state index in [1.807, 2.05) is 36.1 Å². The third-order valence-electron chi connectivity index (χ3n) is 4.12. The SMILES string of the molecule is Cc1cc([C@@H]2CCCN2C(=O)CSCC(=O)c2ccccc2)no1. The van der Waals surface area contributed by atoms with Crippen LogP contribution in [0.15, 0.2) is 40.9 Å². The molecule has 2 heterocycles. The molecule has 1 aromatic carbocycles. The number of benzene rings is 1. The third-order valence-corrected chi connectivity index (χ3v) is 5.03. The van der Waals surface area contributed by atoms with Crippen molar-refractivity contribution in [3.05, 3.63) is 53.4 Å². The zero-order chi connectivity index (χ0) is 16.9. The first-order valence-corrected chi connectivity index (χ1v) is 9.19. The number of carbonyl (C=O) groups is 2. The Labute approximate surface area is 145 Å². The fourth-order valence-electron chi connectivity index (χ4n) is 2.94. The van der Waals surface area contributed by atoms with Gasteiger partial charge in [-0.1, -0.05) is 35.5 Å². The molecule has 0 radical (unpaired) electrons. The van der Waals surface area contributed by atoms with Crippen molar-refractivity contribution in [1.29, 1.82) is 0 Å². The number of likely N-dealkylation sites (tertiary alicyclic amines) is 1. The Morgan fingerprint density at radius 3 is 2.79 bits per heavy atom. The van der Waals surface area contributed by atoms with E-state index in [-0.39, 0.29) is 17.7 Å². The van der Waals surface area contributed by atoms with Crippen LogP contribution in [0.1, 0.15) is 40.7 Å². The zero-order valence-electron chi connectivity index (χ0n) is 13.6. The zero-order valence-corrected chi connectivity index (χ0v) is 14.4. The van der Waals surface area contributed by atoms with Crippen LogP contribution in [-0.4, -0.2) is 39.8 Å². The molecule has 126 valence electrons. The Kier molecular flexibility index (Phi) is 5.35. The van der Waals surface area contributed by atoms with Crippen molar-refractivity contribution in [2.45, 2.75) is 25.8 Å². The van der Waals surface area contributed by atoms with Crippen LogP contribution in [0.4, 0.5) is 0 Å². The van der Waals surface area contributed by atoms with Crippen LogP contribution in [0.2, 0.25) is 0 Å². The van der Waals surface area contributed by atoms with Crippen LogP contribution in [0.25, 0.3) is 0 Å². The second-order valence-corrected chi connectivity index (χ2v) is 6.88. The minimum absolute atomic E-state index is 0.000347. The molecule has 0 N–H and O–H groups in total. The monoisotopic (exact) mass is 344 g/mol. The van der Waals surface area contributed by atoms with Crippen LogP contribution in [0, 0.1) is 6.92 Å². The average molecular weight is 344 g/mol. The van der Waals surface area contributed by atoms with Gasteiger partial charge in [-0.15, -0.1) is 11.8 Å². The van der Waals surface area contributed by atoms with Gasteiger partial charge in [-0.3, -0.25) is 9.59 Å². The molecule has 0 aliphatic carbocycles. The number of nitrogens with zero attached hydrogens (tertiary/aromatic N) is 2. The van der Waals surface area contributed by atoms with E-state index in [9.17, 15) is 9.59 Å². The fourth-order valence-corrected chi connectivity index (χ4v) is 3.73. The van der Waals surface area contributed by atoms with E-state index in [0.29, 0.717) is 17.1 Å². The molecular weight excluding hydrogens is 324 g/mol. The molecule has 1 aliphatic rings. The quantitative estimate of drug-likeness (QED) is 0.753. The maximum atomic E-state index is 12.5. The lowest BCUT2D eigenvalue weighted by molar-refractivity contribution is -0.129. The third kappa shape index (κ3) is 3.87. The number of aromatic nitrogens is 1. The van der Waals surface area contributed by atoms with Gasteiger partial charge in [0.1, 0.15) is 11.5 Å². The van der Waals surface area contributed by atoms with E-state index in [1.165, 1.54) is 11.8 Å². The standard InChI is InChI=1S/C18H20N2O3S/c1-13-10-15(19-23-13)16-8-5-9-20(16)18(22)12-24-11-17(21)14-6-3-2-4-7-14/h2-4,6-7,10,16H,5,8-9,11-12H2,1H3/t16-/m0/s1. The van der Waals surface area contributed by atoms with E-state index in [4.69, 9.17) is 4.52 Å². The molecule has 3 rings (SSSR count). The van der Waals surface area contributed by atoms with Crippen molar-refractivity contribution in [3.8, 4) is 0 Å². The molecule has 0 saturated carbocycles. The summed E-state index contributed by atoms with van der Waals surface area (Å²) in [4.78, 5) is 26.4. The van der Waals surface area contributed by atoms with Crippen molar-refractivity contribution in [3.63, 3.8) is 0 Å². The summed E-state index contributed by atoms with van der Waals surface area (Å²) in [7, 11) is 0. The Bertz CT molecular complexity index is 714. The van der Waals surface area contributed by atoms with E-state index in [2.05, 4.69) is 5.16 Å². The predicted molar refractivity (Wildman–Crippen MR) is 93.0 cm³/mol. The number of aryl methyl sites for hydroxylation is 1. The summed E-state index contributed by atoms with van der Waals surface area (Å²) in [5.41, 5.74) is 1.51. The number of carbonyl (C=O) groups excluding carboxylic acids is 2. The van der Waals surface area contributed by atoms with E-state index in [1.54, 1.807) is 12.1 Å². The fraction of sp³-hybridized carbons (Fsp3) is 0.389. The van der Waals surface area contributed by atoms with Crippen molar-refractivity contribution < 1.29 is 14.1 Å². The first-order chi connectivity index (χ1) is 11.6. The Hall–Kier alpha value is -2.08. The number of amides is 1. The van der Waals surface area contributed by atoms with Crippen LogP contribution in [-0.2, 0) is 4.79 Å². The Morgan fingerprint density at radius 1 is 1.29 bits per heavy atom. The molecule has 1 aliphatic heterocycles. The Balaban J connectivity index is 1.52. The van der Waals surface area contributed by atoms with Crippen LogP contribution < -0.4 is 0 Å². The van der Waals surface area contributed by atoms with Gasteiger partial charge in [0.15, 0.2) is 5.78 Å². The molecular formula is C18H20N2O3S. The second-order valence-electron chi connectivity index (χ2n) is 5.89. The average Bonchev–Trinajstić information content (AvgIpc) is 3.24. The van der Waals surface area contributed by atoms with Gasteiger partial charge in [0.2, 0.25) is 5.91 Å². The van der Waals surface area contributed by atoms with E-state index < -0.39 is 0 Å². The summed E-state index contributed by atoms with van der Waals surface area (Å²) in [5.74, 6) is 1.50. The van der Waals surface area contributed by atoms with Crippen molar-refractivity contribution in [1.82, 2.24) is 10.1 Å². The number of hydrogen-bond acceptors (Lipinski definition) is 5. The minimum atomic E-state index is 0.000347. The van der Waals surface area contributed by atoms with Gasteiger partial charge in [-0.25, -0.2) is 0 Å². The molecule has 1 aromatic heterocycles. The molecule has 1 atom stereocenters. The molecule has 5 nitrogen and oxygen atoms in total. The first kappa shape index (κ1) is 16.8. The topological polar surface area (TPSA) is 63.4 Å². The summed E-state index contributed by atoms with van der Waals surface area (Å²) in [6.45, 7) is 2.59. The molecule has 0 spiro atoms. The number of rotatable bonds is 6. The van der Waals surface area contributed by atoms with Gasteiger partial charge in [-0.2, -0.15) is 0 Å². The summed E-state index contributed by atoms with van der Waals surface area (Å²) in [6.07, 6.45) is 1.88. The second kappa shape index (κ2) is 7.66. The van der Waals surface area contributed by atoms with E-state index >= 15 is 0 Å². The highest BCUT2D eigenvalue weighted by atomic mass is 32.2. The van der Waals surface area contributed by atoms with Crippen molar-refractivity contribution >= 4 is 23.5 Å². The highest BCUT2D eigenvalue weighted by Crippen LogP contribution is 2.32. The lowest BCUT2D eigenvalue weighted by Crippen LogP contribution is -2.32. The van der Waals surface area contributed by atoms with Gasteiger partial charge in [0, 0.05) is 18.2 Å². The van der Waals surface area contributed by atoms with Gasteiger partial charge in [0.05, 0.1) is 17.5 Å². The predicted octanol–water partition coefficient (Wildman–Crippen LogP) is 3.26. The van der Waals surface area contributed by atoms with Gasteiger partial charge >= 0.3 is 0 Å². The van der Waals surface area contributed by atoms with Crippen LogP contribution >= 0.6 is 11.8 Å². The number of Topliss-reactive ketones (excluding diaryl/α,β-unsaturated/α-hetero) is 1. The van der Waals surface area contributed by atoms with Crippen LogP contribution in [0.5, 0.6) is 0 Å². The molecule has 0 unspecified atom stereocenters. The van der Waals surface area contributed by atoms with Crippen LogP contribution in [0.3, 0.4) is 0 Å². The highest BCUT2D eigenvalue weighted by Gasteiger charge is 2.31. The lowest BCUT2D eigenvalue weighted by atomic mass is 10.1. The molecule has 2 aromatic rings. The molecule has 0 bridgehead atoms. The minimum Gasteiger partial charge on any atom is -0.361 e. The molecule has 24 heavy (non-hydrogen) atoms. The molecule has 6 heteroatoms. The highest BCUT2D eigenvalue weighted by molar-refractivity contribution is 8.00. The molecule has 1 saturated heterocycles. The normalized spacial score (nSPS) is 17.2. The van der Waals surface area contributed by atoms with Crippen molar-refractivity contribution in [2.24, 2.45) is 0 Å². The van der Waals surface area contributed by atoms with E-state index in [0.717, 1.165) is 30.8 Å². The Morgan fingerprint density at radius 2 is 2.08 bits per heavy atom. The molecule has 1 amide bonds. The molecule has 1 fully saturated rings.